The van der Waals surface area contributed by atoms with Gasteiger partial charge in [0.1, 0.15) is 5.75 Å². The molecule has 0 aromatic heterocycles. The van der Waals surface area contributed by atoms with Crippen LogP contribution in [0.25, 0.3) is 0 Å². The highest BCUT2D eigenvalue weighted by Gasteiger charge is 2.35. The Morgan fingerprint density at radius 1 is 1.06 bits per heavy atom. The third-order valence-electron chi connectivity index (χ3n) is 4.53. The molecule has 1 aliphatic heterocycles. The number of carbonyl (C=O) groups excluding carboxylic acids is 3. The predicted octanol–water partition coefficient (Wildman–Crippen LogP) is 1.43. The molecule has 0 saturated carbocycles. The molecule has 10 nitrogen and oxygen atoms in total. The van der Waals surface area contributed by atoms with Gasteiger partial charge in [-0.3, -0.25) is 9.10 Å². The number of methoxy groups -OCH3 is 2. The van der Waals surface area contributed by atoms with Crippen LogP contribution in [-0.4, -0.2) is 59.4 Å². The lowest BCUT2D eigenvalue weighted by Crippen LogP contribution is -2.48. The summed E-state index contributed by atoms with van der Waals surface area (Å²) in [7, 11) is -1.32. The summed E-state index contributed by atoms with van der Waals surface area (Å²) in [6.07, 6.45) is -0.184. The highest BCUT2D eigenvalue weighted by Crippen LogP contribution is 2.35. The number of hydrogen-bond acceptors (Lipinski definition) is 8. The van der Waals surface area contributed by atoms with Gasteiger partial charge in [-0.15, -0.1) is 0 Å². The molecule has 1 atom stereocenters. The van der Waals surface area contributed by atoms with Crippen molar-refractivity contribution < 1.29 is 37.0 Å². The van der Waals surface area contributed by atoms with Gasteiger partial charge in [0.05, 0.1) is 49.5 Å². The largest absolute Gasteiger partial charge is 0.476 e. The number of ether oxygens (including phenoxy) is 3. The van der Waals surface area contributed by atoms with Crippen molar-refractivity contribution in [2.45, 2.75) is 6.10 Å². The molecule has 2 aromatic rings. The number of amides is 1. The van der Waals surface area contributed by atoms with E-state index >= 15 is 0 Å². The molecular formula is C20H20N2O8S. The topological polar surface area (TPSA) is 128 Å². The van der Waals surface area contributed by atoms with Gasteiger partial charge in [0.25, 0.3) is 5.91 Å². The summed E-state index contributed by atoms with van der Waals surface area (Å²) in [5.41, 5.74) is 0.405. The van der Waals surface area contributed by atoms with Crippen molar-refractivity contribution in [2.75, 3.05) is 36.6 Å². The molecule has 1 aliphatic rings. The number of rotatable bonds is 5. The van der Waals surface area contributed by atoms with Crippen LogP contribution in [0.1, 0.15) is 20.7 Å². The highest BCUT2D eigenvalue weighted by atomic mass is 32.2. The fourth-order valence-corrected chi connectivity index (χ4v) is 3.96. The molecule has 3 rings (SSSR count). The molecule has 1 heterocycles. The quantitative estimate of drug-likeness (QED) is 0.680. The van der Waals surface area contributed by atoms with Crippen LogP contribution in [0.5, 0.6) is 5.75 Å². The number of benzene rings is 2. The number of para-hydroxylation sites is 2. The number of sulfonamides is 1. The van der Waals surface area contributed by atoms with Crippen molar-refractivity contribution >= 4 is 39.2 Å². The fourth-order valence-electron chi connectivity index (χ4n) is 3.05. The third-order valence-corrected chi connectivity index (χ3v) is 5.68. The van der Waals surface area contributed by atoms with Crippen LogP contribution < -0.4 is 14.4 Å². The Bertz CT molecular complexity index is 1150. The van der Waals surface area contributed by atoms with E-state index in [1.807, 2.05) is 0 Å². The summed E-state index contributed by atoms with van der Waals surface area (Å²) in [5.74, 6) is -1.90. The van der Waals surface area contributed by atoms with Crippen molar-refractivity contribution in [3.63, 3.8) is 0 Å². The molecule has 2 aromatic carbocycles. The van der Waals surface area contributed by atoms with Crippen LogP contribution in [0.4, 0.5) is 11.4 Å². The molecule has 1 N–H and O–H groups in total. The van der Waals surface area contributed by atoms with Crippen LogP contribution in [0.15, 0.2) is 42.5 Å². The summed E-state index contributed by atoms with van der Waals surface area (Å²) >= 11 is 0. The smallest absolute Gasteiger partial charge is 0.339 e. The summed E-state index contributed by atoms with van der Waals surface area (Å²) < 4.78 is 40.6. The number of hydrogen-bond donors (Lipinski definition) is 1. The van der Waals surface area contributed by atoms with E-state index in [1.165, 1.54) is 32.4 Å². The van der Waals surface area contributed by atoms with E-state index in [0.717, 1.165) is 10.6 Å². The van der Waals surface area contributed by atoms with Crippen LogP contribution in [0.2, 0.25) is 0 Å². The lowest BCUT2D eigenvalue weighted by Gasteiger charge is -2.33. The normalized spacial score (nSPS) is 15.3. The molecule has 0 bridgehead atoms. The zero-order valence-electron chi connectivity index (χ0n) is 16.9. The van der Waals surface area contributed by atoms with Gasteiger partial charge in [-0.1, -0.05) is 12.1 Å². The van der Waals surface area contributed by atoms with E-state index in [4.69, 9.17) is 9.47 Å². The number of nitrogens with zero attached hydrogens (tertiary/aromatic N) is 1. The van der Waals surface area contributed by atoms with Crippen LogP contribution >= 0.6 is 0 Å². The second-order valence-corrected chi connectivity index (χ2v) is 8.51. The molecule has 164 valence electrons. The molecule has 0 fully saturated rings. The Balaban J connectivity index is 1.94. The standard InChI is InChI=1S/C20H20N2O8S/c1-28-19(24)12-8-9-13(20(25)29-2)14(10-12)21-18(23)17-11-22(31(3,26)27)15-6-4-5-7-16(15)30-17/h4-10,17H,11H2,1-3H3,(H,21,23). The zero-order valence-corrected chi connectivity index (χ0v) is 17.8. The first-order valence-corrected chi connectivity index (χ1v) is 10.9. The number of esters is 2. The number of anilines is 2. The Kier molecular flexibility index (Phi) is 6.16. The Hall–Kier alpha value is -3.60. The van der Waals surface area contributed by atoms with Crippen molar-refractivity contribution in [3.8, 4) is 5.75 Å². The van der Waals surface area contributed by atoms with Gasteiger partial charge < -0.3 is 19.5 Å². The predicted molar refractivity (Wildman–Crippen MR) is 111 cm³/mol. The van der Waals surface area contributed by atoms with Gasteiger partial charge in [0.15, 0.2) is 6.10 Å². The molecule has 1 unspecified atom stereocenters. The van der Waals surface area contributed by atoms with Crippen molar-refractivity contribution in [1.29, 1.82) is 0 Å². The van der Waals surface area contributed by atoms with E-state index in [-0.39, 0.29) is 29.1 Å². The second kappa shape index (κ2) is 8.64. The lowest BCUT2D eigenvalue weighted by molar-refractivity contribution is -0.122. The maximum absolute atomic E-state index is 12.9. The Morgan fingerprint density at radius 3 is 2.39 bits per heavy atom. The van der Waals surface area contributed by atoms with Gasteiger partial charge in [0, 0.05) is 0 Å². The fraction of sp³-hybridized carbons (Fsp3) is 0.250. The zero-order chi connectivity index (χ0) is 22.8. The average molecular weight is 448 g/mol. The minimum atomic E-state index is -3.69. The van der Waals surface area contributed by atoms with E-state index in [9.17, 15) is 22.8 Å². The first-order valence-electron chi connectivity index (χ1n) is 9.00. The van der Waals surface area contributed by atoms with E-state index in [0.29, 0.717) is 5.69 Å². The van der Waals surface area contributed by atoms with E-state index in [2.05, 4.69) is 10.1 Å². The summed E-state index contributed by atoms with van der Waals surface area (Å²) in [4.78, 5) is 36.9. The first kappa shape index (κ1) is 22.1. The first-order chi connectivity index (χ1) is 14.7. The van der Waals surface area contributed by atoms with Crippen molar-refractivity contribution in [1.82, 2.24) is 0 Å². The summed E-state index contributed by atoms with van der Waals surface area (Å²) in [5, 5.41) is 2.52. The highest BCUT2D eigenvalue weighted by molar-refractivity contribution is 7.92. The van der Waals surface area contributed by atoms with Crippen LogP contribution in [0, 0.1) is 0 Å². The summed E-state index contributed by atoms with van der Waals surface area (Å²) in [6.45, 7) is -0.272. The van der Waals surface area contributed by atoms with Crippen LogP contribution in [-0.2, 0) is 24.3 Å². The van der Waals surface area contributed by atoms with Gasteiger partial charge in [0.2, 0.25) is 10.0 Å². The maximum Gasteiger partial charge on any atom is 0.339 e. The second-order valence-electron chi connectivity index (χ2n) is 6.60. The summed E-state index contributed by atoms with van der Waals surface area (Å²) in [6, 6.07) is 10.3. The molecular weight excluding hydrogens is 428 g/mol. The average Bonchev–Trinajstić information content (AvgIpc) is 2.76. The Labute approximate surface area is 178 Å². The van der Waals surface area contributed by atoms with Gasteiger partial charge in [-0.2, -0.15) is 0 Å². The monoisotopic (exact) mass is 448 g/mol. The lowest BCUT2D eigenvalue weighted by atomic mass is 10.1. The number of fused-ring (bicyclic) bond motifs is 1. The molecule has 11 heteroatoms. The van der Waals surface area contributed by atoms with Crippen molar-refractivity contribution in [2.24, 2.45) is 0 Å². The van der Waals surface area contributed by atoms with E-state index in [1.54, 1.807) is 24.3 Å². The van der Waals surface area contributed by atoms with Gasteiger partial charge in [-0.25, -0.2) is 18.0 Å². The molecule has 0 aliphatic carbocycles. The van der Waals surface area contributed by atoms with Crippen LogP contribution in [0.3, 0.4) is 0 Å². The molecule has 0 spiro atoms. The molecule has 1 amide bonds. The minimum Gasteiger partial charge on any atom is -0.476 e. The molecule has 0 saturated heterocycles. The minimum absolute atomic E-state index is 0.000295. The molecule has 0 radical (unpaired) electrons. The Morgan fingerprint density at radius 2 is 1.74 bits per heavy atom. The van der Waals surface area contributed by atoms with Crippen molar-refractivity contribution in [3.05, 3.63) is 53.6 Å². The maximum atomic E-state index is 12.9. The number of nitrogens with one attached hydrogen (secondary N) is 1. The SMILES string of the molecule is COC(=O)c1ccc(C(=O)OC)c(NC(=O)C2CN(S(C)(=O)=O)c3ccccc3O2)c1. The number of carbonyl (C=O) groups is 3. The van der Waals surface area contributed by atoms with E-state index < -0.39 is 34.0 Å². The third kappa shape index (κ3) is 4.61. The van der Waals surface area contributed by atoms with Gasteiger partial charge >= 0.3 is 11.9 Å². The van der Waals surface area contributed by atoms with Gasteiger partial charge in [-0.05, 0) is 30.3 Å². The molecule has 31 heavy (non-hydrogen) atoms.